The molecular weight excluding hydrogens is 383 g/mol. The van der Waals surface area contributed by atoms with Gasteiger partial charge in [-0.05, 0) is 18.2 Å². The molecule has 3 rings (SSSR count). The highest BCUT2D eigenvalue weighted by Gasteiger charge is 2.30. The Morgan fingerprint density at radius 2 is 1.82 bits per heavy atom. The summed E-state index contributed by atoms with van der Waals surface area (Å²) in [5.41, 5.74) is 1.13. The van der Waals surface area contributed by atoms with Crippen LogP contribution in [0.5, 0.6) is 5.75 Å². The van der Waals surface area contributed by atoms with E-state index in [4.69, 9.17) is 14.8 Å². The molecule has 2 aromatic heterocycles. The van der Waals surface area contributed by atoms with Crippen LogP contribution in [0.25, 0.3) is 11.3 Å². The van der Waals surface area contributed by atoms with Crippen LogP contribution in [0, 0.1) is 0 Å². The van der Waals surface area contributed by atoms with Crippen molar-refractivity contribution in [3.05, 3.63) is 53.9 Å². The molecule has 0 radical (unpaired) electrons. The lowest BCUT2D eigenvalue weighted by Crippen LogP contribution is -2.20. The summed E-state index contributed by atoms with van der Waals surface area (Å²) in [7, 11) is 0. The SMILES string of the molecule is ON=C(NO)c1cc(Nc2ncc(-c3ccc(C(F)(F)F)cc3)o2)ncc1O. The molecule has 0 bridgehead atoms. The van der Waals surface area contributed by atoms with Crippen molar-refractivity contribution in [3.63, 3.8) is 0 Å². The van der Waals surface area contributed by atoms with Crippen molar-refractivity contribution in [1.82, 2.24) is 15.4 Å². The van der Waals surface area contributed by atoms with Crippen LogP contribution in [0.3, 0.4) is 0 Å². The topological polar surface area (TPSA) is 136 Å². The fourth-order valence-electron chi connectivity index (χ4n) is 2.24. The maximum atomic E-state index is 12.6. The largest absolute Gasteiger partial charge is 0.506 e. The molecule has 0 spiro atoms. The molecule has 0 fully saturated rings. The molecule has 5 N–H and O–H groups in total. The molecule has 0 saturated heterocycles. The van der Waals surface area contributed by atoms with Gasteiger partial charge in [0.2, 0.25) is 0 Å². The first kappa shape index (κ1) is 19.0. The Bertz CT molecular complexity index is 1000. The Hall–Kier alpha value is -3.80. The van der Waals surface area contributed by atoms with E-state index >= 15 is 0 Å². The number of alkyl halides is 3. The molecule has 9 nitrogen and oxygen atoms in total. The average Bonchev–Trinajstić information content (AvgIpc) is 3.13. The number of hydrogen-bond acceptors (Lipinski definition) is 8. The number of anilines is 2. The van der Waals surface area contributed by atoms with E-state index in [1.807, 2.05) is 0 Å². The van der Waals surface area contributed by atoms with Gasteiger partial charge in [-0.2, -0.15) is 13.2 Å². The maximum absolute atomic E-state index is 12.6. The lowest BCUT2D eigenvalue weighted by Gasteiger charge is -2.07. The standard InChI is InChI=1S/C16H12F3N5O4/c17-16(18,19)9-3-1-8(2-4-9)12-7-21-15(28-12)22-13-5-10(11(25)6-20-13)14(23-26)24-27/h1-7,25-27H,(H,23,24)(H,20,21,22). The Morgan fingerprint density at radius 1 is 1.11 bits per heavy atom. The first-order chi connectivity index (χ1) is 13.3. The number of hydroxylamine groups is 1. The Morgan fingerprint density at radius 3 is 2.43 bits per heavy atom. The molecule has 12 heteroatoms. The average molecular weight is 395 g/mol. The Labute approximate surface area is 154 Å². The summed E-state index contributed by atoms with van der Waals surface area (Å²) < 4.78 is 43.3. The van der Waals surface area contributed by atoms with Gasteiger partial charge in [-0.15, -0.1) is 0 Å². The Balaban J connectivity index is 1.81. The number of nitrogens with one attached hydrogen (secondary N) is 2. The fourth-order valence-corrected chi connectivity index (χ4v) is 2.24. The molecule has 28 heavy (non-hydrogen) atoms. The van der Waals surface area contributed by atoms with Gasteiger partial charge in [0.1, 0.15) is 11.6 Å². The van der Waals surface area contributed by atoms with E-state index < -0.39 is 17.6 Å². The van der Waals surface area contributed by atoms with E-state index in [1.165, 1.54) is 24.4 Å². The second-order valence-corrected chi connectivity index (χ2v) is 5.38. The third-order valence-electron chi connectivity index (χ3n) is 3.58. The number of oxazole rings is 1. The van der Waals surface area contributed by atoms with Crippen LogP contribution >= 0.6 is 0 Å². The molecule has 0 amide bonds. The quantitative estimate of drug-likeness (QED) is 0.196. The molecular formula is C16H12F3N5O4. The summed E-state index contributed by atoms with van der Waals surface area (Å²) in [6, 6.07) is 5.56. The zero-order valence-electron chi connectivity index (χ0n) is 13.8. The molecule has 0 atom stereocenters. The number of halogens is 3. The van der Waals surface area contributed by atoms with Crippen molar-refractivity contribution in [3.8, 4) is 17.1 Å². The highest BCUT2D eigenvalue weighted by molar-refractivity contribution is 6.00. The van der Waals surface area contributed by atoms with Crippen LogP contribution in [0.2, 0.25) is 0 Å². The van der Waals surface area contributed by atoms with Crippen LogP contribution in [0.15, 0.2) is 52.3 Å². The molecule has 0 unspecified atom stereocenters. The summed E-state index contributed by atoms with van der Waals surface area (Å²) >= 11 is 0. The highest BCUT2D eigenvalue weighted by atomic mass is 19.4. The second-order valence-electron chi connectivity index (χ2n) is 5.38. The van der Waals surface area contributed by atoms with E-state index in [2.05, 4.69) is 20.4 Å². The first-order valence-electron chi connectivity index (χ1n) is 7.54. The van der Waals surface area contributed by atoms with Crippen molar-refractivity contribution in [2.45, 2.75) is 6.18 Å². The summed E-state index contributed by atoms with van der Waals surface area (Å²) in [6.45, 7) is 0. The van der Waals surface area contributed by atoms with E-state index in [9.17, 15) is 18.3 Å². The molecule has 0 saturated carbocycles. The zero-order valence-corrected chi connectivity index (χ0v) is 13.8. The lowest BCUT2D eigenvalue weighted by atomic mass is 10.1. The van der Waals surface area contributed by atoms with Gasteiger partial charge in [0.25, 0.3) is 0 Å². The third kappa shape index (κ3) is 3.96. The number of amidine groups is 1. The van der Waals surface area contributed by atoms with E-state index in [0.717, 1.165) is 18.3 Å². The normalized spacial score (nSPS) is 12.1. The minimum absolute atomic E-state index is 0.0292. The van der Waals surface area contributed by atoms with Gasteiger partial charge in [-0.3, -0.25) is 10.5 Å². The second kappa shape index (κ2) is 7.44. The minimum Gasteiger partial charge on any atom is -0.506 e. The third-order valence-corrected chi connectivity index (χ3v) is 3.58. The van der Waals surface area contributed by atoms with Gasteiger partial charge in [-0.25, -0.2) is 15.4 Å². The predicted octanol–water partition coefficient (Wildman–Crippen LogP) is 3.32. The Kier molecular flexibility index (Phi) is 5.04. The number of oxime groups is 1. The smallest absolute Gasteiger partial charge is 0.416 e. The molecule has 0 aliphatic carbocycles. The molecule has 3 aromatic rings. The van der Waals surface area contributed by atoms with Gasteiger partial charge >= 0.3 is 12.2 Å². The molecule has 0 aliphatic heterocycles. The van der Waals surface area contributed by atoms with E-state index in [0.29, 0.717) is 5.56 Å². The van der Waals surface area contributed by atoms with Crippen molar-refractivity contribution in [2.75, 3.05) is 5.32 Å². The molecule has 1 aromatic carbocycles. The molecule has 2 heterocycles. The van der Waals surface area contributed by atoms with Crippen molar-refractivity contribution < 1.29 is 33.1 Å². The van der Waals surface area contributed by atoms with Crippen LogP contribution in [-0.4, -0.2) is 31.3 Å². The minimum atomic E-state index is -4.44. The number of pyridine rings is 1. The molecule has 0 aliphatic rings. The summed E-state index contributed by atoms with van der Waals surface area (Å²) in [5.74, 6) is -0.478. The summed E-state index contributed by atoms with van der Waals surface area (Å²) in [6.07, 6.45) is -2.10. The highest BCUT2D eigenvalue weighted by Crippen LogP contribution is 2.31. The van der Waals surface area contributed by atoms with Crippen LogP contribution in [-0.2, 0) is 6.18 Å². The van der Waals surface area contributed by atoms with Crippen molar-refractivity contribution in [2.24, 2.45) is 5.16 Å². The zero-order chi connectivity index (χ0) is 20.3. The van der Waals surface area contributed by atoms with E-state index in [1.54, 1.807) is 5.48 Å². The van der Waals surface area contributed by atoms with Crippen molar-refractivity contribution in [1.29, 1.82) is 0 Å². The van der Waals surface area contributed by atoms with Gasteiger partial charge in [0, 0.05) is 5.56 Å². The number of rotatable bonds is 4. The van der Waals surface area contributed by atoms with Crippen LogP contribution in [0.1, 0.15) is 11.1 Å². The van der Waals surface area contributed by atoms with Crippen molar-refractivity contribution >= 4 is 17.7 Å². The van der Waals surface area contributed by atoms with Gasteiger partial charge in [-0.1, -0.05) is 17.3 Å². The number of benzene rings is 1. The van der Waals surface area contributed by atoms with Gasteiger partial charge in [0.15, 0.2) is 11.6 Å². The van der Waals surface area contributed by atoms with Gasteiger partial charge in [0.05, 0.1) is 23.5 Å². The first-order valence-corrected chi connectivity index (χ1v) is 7.54. The number of aromatic nitrogens is 2. The maximum Gasteiger partial charge on any atom is 0.416 e. The van der Waals surface area contributed by atoms with Crippen LogP contribution < -0.4 is 10.8 Å². The van der Waals surface area contributed by atoms with Gasteiger partial charge < -0.3 is 14.7 Å². The lowest BCUT2D eigenvalue weighted by molar-refractivity contribution is -0.137. The monoisotopic (exact) mass is 395 g/mol. The van der Waals surface area contributed by atoms with E-state index in [-0.39, 0.29) is 28.9 Å². The predicted molar refractivity (Wildman–Crippen MR) is 89.4 cm³/mol. The number of hydrogen-bond donors (Lipinski definition) is 5. The molecule has 146 valence electrons. The fraction of sp³-hybridized carbons (Fsp3) is 0.0625. The summed E-state index contributed by atoms with van der Waals surface area (Å²) in [4.78, 5) is 7.82. The number of aromatic hydroxyl groups is 1. The van der Waals surface area contributed by atoms with Crippen LogP contribution in [0.4, 0.5) is 25.0 Å². The number of nitrogens with zero attached hydrogens (tertiary/aromatic N) is 3. The summed E-state index contributed by atoms with van der Waals surface area (Å²) in [5, 5.41) is 32.8.